The van der Waals surface area contributed by atoms with Gasteiger partial charge in [-0.1, -0.05) is 36.4 Å². The number of anilines is 1. The van der Waals surface area contributed by atoms with Crippen LogP contribution in [0.15, 0.2) is 77.7 Å². The molecule has 1 heterocycles. The van der Waals surface area contributed by atoms with Crippen molar-refractivity contribution in [2.24, 2.45) is 0 Å². The predicted molar refractivity (Wildman–Crippen MR) is 125 cm³/mol. The zero-order valence-corrected chi connectivity index (χ0v) is 18.5. The molecular formula is C25H18F2N2O4S. The topological polar surface area (TPSA) is 75.7 Å². The maximum Gasteiger partial charge on any atom is 0.294 e. The highest BCUT2D eigenvalue weighted by molar-refractivity contribution is 8.18. The predicted octanol–water partition coefficient (Wildman–Crippen LogP) is 5.22. The Kier molecular flexibility index (Phi) is 7.03. The summed E-state index contributed by atoms with van der Waals surface area (Å²) in [7, 11) is 0. The molecule has 172 valence electrons. The Balaban J connectivity index is 1.45. The number of imide groups is 1. The van der Waals surface area contributed by atoms with Crippen molar-refractivity contribution in [1.82, 2.24) is 4.90 Å². The molecule has 0 radical (unpaired) electrons. The van der Waals surface area contributed by atoms with Crippen molar-refractivity contribution in [3.63, 3.8) is 0 Å². The number of ether oxygens (including phenoxy) is 1. The Morgan fingerprint density at radius 3 is 2.47 bits per heavy atom. The molecule has 0 spiro atoms. The third-order valence-corrected chi connectivity index (χ3v) is 5.68. The lowest BCUT2D eigenvalue weighted by Crippen LogP contribution is -2.36. The van der Waals surface area contributed by atoms with E-state index in [1.54, 1.807) is 36.4 Å². The number of nitrogens with zero attached hydrogens (tertiary/aromatic N) is 1. The standard InChI is InChI=1S/C25H18F2N2O4S/c26-18-7-3-5-16(11-18)15-33-21-10-2-1-6-17(21)12-22-24(31)29(25(32)34-22)14-23(30)28-20-9-4-8-19(27)13-20/h1-13H,14-15H2,(H,28,30)/b22-12+. The molecule has 1 aliphatic heterocycles. The molecule has 0 atom stereocenters. The van der Waals surface area contributed by atoms with Crippen LogP contribution in [0.25, 0.3) is 6.08 Å². The fourth-order valence-electron chi connectivity index (χ4n) is 3.21. The Bertz CT molecular complexity index is 1300. The molecule has 9 heteroatoms. The van der Waals surface area contributed by atoms with Gasteiger partial charge in [0.2, 0.25) is 5.91 Å². The lowest BCUT2D eigenvalue weighted by Gasteiger charge is -2.12. The van der Waals surface area contributed by atoms with Gasteiger partial charge in [-0.15, -0.1) is 0 Å². The third-order valence-electron chi connectivity index (χ3n) is 4.77. The van der Waals surface area contributed by atoms with Crippen LogP contribution < -0.4 is 10.1 Å². The summed E-state index contributed by atoms with van der Waals surface area (Å²) in [6.07, 6.45) is 1.51. The van der Waals surface area contributed by atoms with E-state index in [2.05, 4.69) is 5.32 Å². The van der Waals surface area contributed by atoms with E-state index in [1.807, 2.05) is 0 Å². The monoisotopic (exact) mass is 480 g/mol. The van der Waals surface area contributed by atoms with Crippen molar-refractivity contribution in [2.75, 3.05) is 11.9 Å². The largest absolute Gasteiger partial charge is 0.488 e. The summed E-state index contributed by atoms with van der Waals surface area (Å²) in [5, 5.41) is 1.87. The first kappa shape index (κ1) is 23.2. The number of hydrogen-bond acceptors (Lipinski definition) is 5. The highest BCUT2D eigenvalue weighted by Gasteiger charge is 2.36. The fourth-order valence-corrected chi connectivity index (χ4v) is 4.04. The van der Waals surface area contributed by atoms with Gasteiger partial charge < -0.3 is 10.1 Å². The first-order valence-corrected chi connectivity index (χ1v) is 11.0. The smallest absolute Gasteiger partial charge is 0.294 e. The van der Waals surface area contributed by atoms with Crippen molar-refractivity contribution in [1.29, 1.82) is 0 Å². The number of hydrogen-bond donors (Lipinski definition) is 1. The van der Waals surface area contributed by atoms with E-state index < -0.39 is 29.4 Å². The summed E-state index contributed by atoms with van der Waals surface area (Å²) in [5.74, 6) is -1.70. The summed E-state index contributed by atoms with van der Waals surface area (Å²) >= 11 is 0.706. The molecule has 1 fully saturated rings. The Labute approximate surface area is 198 Å². The molecule has 3 aromatic rings. The second kappa shape index (κ2) is 10.3. The van der Waals surface area contributed by atoms with Crippen LogP contribution in [0, 0.1) is 11.6 Å². The summed E-state index contributed by atoms with van der Waals surface area (Å²) in [6.45, 7) is -0.388. The van der Waals surface area contributed by atoms with Gasteiger partial charge >= 0.3 is 0 Å². The van der Waals surface area contributed by atoms with E-state index in [1.165, 1.54) is 36.4 Å². The average molecular weight is 480 g/mol. The molecule has 1 saturated heterocycles. The van der Waals surface area contributed by atoms with Gasteiger partial charge in [0.15, 0.2) is 0 Å². The second-order valence-electron chi connectivity index (χ2n) is 7.28. The van der Waals surface area contributed by atoms with Crippen LogP contribution in [0.1, 0.15) is 11.1 Å². The number of nitrogens with one attached hydrogen (secondary N) is 1. The lowest BCUT2D eigenvalue weighted by molar-refractivity contribution is -0.127. The number of para-hydroxylation sites is 1. The lowest BCUT2D eigenvalue weighted by atomic mass is 10.1. The number of carbonyl (C=O) groups excluding carboxylic acids is 3. The van der Waals surface area contributed by atoms with E-state index in [0.717, 1.165) is 11.0 Å². The number of rotatable bonds is 7. The van der Waals surface area contributed by atoms with Gasteiger partial charge in [-0.2, -0.15) is 0 Å². The van der Waals surface area contributed by atoms with Crippen molar-refractivity contribution >= 4 is 40.6 Å². The maximum atomic E-state index is 13.4. The molecule has 0 saturated carbocycles. The number of thioether (sulfide) groups is 1. The molecule has 0 aliphatic carbocycles. The van der Waals surface area contributed by atoms with Crippen molar-refractivity contribution in [3.8, 4) is 5.75 Å². The number of carbonyl (C=O) groups is 3. The van der Waals surface area contributed by atoms with Crippen LogP contribution in [0.2, 0.25) is 0 Å². The molecule has 6 nitrogen and oxygen atoms in total. The molecule has 1 aliphatic rings. The van der Waals surface area contributed by atoms with Gasteiger partial charge in [0, 0.05) is 11.3 Å². The summed E-state index contributed by atoms with van der Waals surface area (Å²) in [6, 6.07) is 18.2. The Morgan fingerprint density at radius 1 is 0.971 bits per heavy atom. The van der Waals surface area contributed by atoms with E-state index in [0.29, 0.717) is 28.6 Å². The van der Waals surface area contributed by atoms with Crippen LogP contribution in [0.5, 0.6) is 5.75 Å². The van der Waals surface area contributed by atoms with Crippen LogP contribution in [0.4, 0.5) is 19.3 Å². The van der Waals surface area contributed by atoms with Crippen molar-refractivity contribution in [2.45, 2.75) is 6.61 Å². The average Bonchev–Trinajstić information content (AvgIpc) is 3.06. The minimum Gasteiger partial charge on any atom is -0.488 e. The van der Waals surface area contributed by atoms with Crippen molar-refractivity contribution < 1.29 is 27.9 Å². The summed E-state index contributed by atoms with van der Waals surface area (Å²) < 4.78 is 32.5. The highest BCUT2D eigenvalue weighted by Crippen LogP contribution is 2.34. The van der Waals surface area contributed by atoms with Crippen LogP contribution in [0.3, 0.4) is 0 Å². The SMILES string of the molecule is O=C(CN1C(=O)S/C(=C/c2ccccc2OCc2cccc(F)c2)C1=O)Nc1cccc(F)c1. The van der Waals surface area contributed by atoms with Crippen LogP contribution >= 0.6 is 11.8 Å². The molecular weight excluding hydrogens is 462 g/mol. The molecule has 3 amide bonds. The molecule has 0 aromatic heterocycles. The van der Waals surface area contributed by atoms with Gasteiger partial charge in [-0.3, -0.25) is 19.3 Å². The third kappa shape index (κ3) is 5.68. The van der Waals surface area contributed by atoms with E-state index in [9.17, 15) is 23.2 Å². The Morgan fingerprint density at radius 2 is 1.71 bits per heavy atom. The van der Waals surface area contributed by atoms with E-state index >= 15 is 0 Å². The summed E-state index contributed by atoms with van der Waals surface area (Å²) in [5.41, 5.74) is 1.41. The van der Waals surface area contributed by atoms with Crippen LogP contribution in [-0.4, -0.2) is 28.5 Å². The zero-order chi connectivity index (χ0) is 24.1. The molecule has 34 heavy (non-hydrogen) atoms. The number of benzene rings is 3. The fraction of sp³-hybridized carbons (Fsp3) is 0.0800. The first-order valence-electron chi connectivity index (χ1n) is 10.2. The van der Waals surface area contributed by atoms with E-state index in [-0.39, 0.29) is 23.0 Å². The summed E-state index contributed by atoms with van der Waals surface area (Å²) in [4.78, 5) is 38.4. The van der Waals surface area contributed by atoms with Crippen LogP contribution in [-0.2, 0) is 16.2 Å². The molecule has 0 bridgehead atoms. The molecule has 0 unspecified atom stereocenters. The van der Waals surface area contributed by atoms with Gasteiger partial charge in [0.05, 0.1) is 4.91 Å². The van der Waals surface area contributed by atoms with Gasteiger partial charge in [0.1, 0.15) is 30.5 Å². The highest BCUT2D eigenvalue weighted by atomic mass is 32.2. The molecule has 4 rings (SSSR count). The zero-order valence-electron chi connectivity index (χ0n) is 17.7. The van der Waals surface area contributed by atoms with Gasteiger partial charge in [-0.05, 0) is 59.8 Å². The minimum atomic E-state index is -0.632. The maximum absolute atomic E-state index is 13.4. The molecule has 1 N–H and O–H groups in total. The first-order chi connectivity index (χ1) is 16.4. The Hall–Kier alpha value is -3.98. The number of amides is 3. The second-order valence-corrected chi connectivity index (χ2v) is 8.28. The number of halogens is 2. The van der Waals surface area contributed by atoms with Gasteiger partial charge in [0.25, 0.3) is 11.1 Å². The minimum absolute atomic E-state index is 0.115. The van der Waals surface area contributed by atoms with Gasteiger partial charge in [-0.25, -0.2) is 8.78 Å². The van der Waals surface area contributed by atoms with Crippen molar-refractivity contribution in [3.05, 3.63) is 100 Å². The quantitative estimate of drug-likeness (QED) is 0.470. The van der Waals surface area contributed by atoms with E-state index in [4.69, 9.17) is 4.74 Å². The molecule has 3 aromatic carbocycles. The normalized spacial score (nSPS) is 14.5.